The number of aryl methyl sites for hydroxylation is 1. The molecule has 100 valence electrons. The van der Waals surface area contributed by atoms with Gasteiger partial charge in [-0.25, -0.2) is 0 Å². The van der Waals surface area contributed by atoms with Gasteiger partial charge >= 0.3 is 0 Å². The van der Waals surface area contributed by atoms with Crippen molar-refractivity contribution in [3.05, 3.63) is 29.3 Å². The highest BCUT2D eigenvalue weighted by Crippen LogP contribution is 2.29. The van der Waals surface area contributed by atoms with Crippen molar-refractivity contribution in [2.75, 3.05) is 6.54 Å². The number of aromatic hydroxyl groups is 1. The summed E-state index contributed by atoms with van der Waals surface area (Å²) in [6.45, 7) is 6.17. The monoisotopic (exact) mass is 247 g/mol. The van der Waals surface area contributed by atoms with Crippen LogP contribution in [0.1, 0.15) is 43.7 Å². The van der Waals surface area contributed by atoms with E-state index < -0.39 is 0 Å². The Kier molecular flexibility index (Phi) is 4.65. The van der Waals surface area contributed by atoms with Gasteiger partial charge in [-0.15, -0.1) is 0 Å². The van der Waals surface area contributed by atoms with Gasteiger partial charge < -0.3 is 10.4 Å². The zero-order valence-corrected chi connectivity index (χ0v) is 11.6. The first-order valence-electron chi connectivity index (χ1n) is 7.16. The summed E-state index contributed by atoms with van der Waals surface area (Å²) in [5.41, 5.74) is 1.97. The van der Waals surface area contributed by atoms with E-state index >= 15 is 0 Å². The number of benzene rings is 1. The van der Waals surface area contributed by atoms with Crippen molar-refractivity contribution in [1.82, 2.24) is 5.32 Å². The van der Waals surface area contributed by atoms with Crippen LogP contribution in [0.5, 0.6) is 5.75 Å². The smallest absolute Gasteiger partial charge is 0.122 e. The van der Waals surface area contributed by atoms with E-state index in [1.165, 1.54) is 25.7 Å². The Morgan fingerprint density at radius 3 is 2.83 bits per heavy atom. The molecule has 2 nitrogen and oxygen atoms in total. The standard InChI is InChI=1S/C16H25NO/c1-12-6-3-4-8-14(12)10-17-11-15-9-5-7-13(2)16(15)18/h5,7,9,12,14,17-18H,3-4,6,8,10-11H2,1-2H3. The Hall–Kier alpha value is -1.02. The molecule has 1 fully saturated rings. The highest BCUT2D eigenvalue weighted by molar-refractivity contribution is 5.39. The van der Waals surface area contributed by atoms with Crippen molar-refractivity contribution < 1.29 is 5.11 Å². The molecule has 1 aliphatic carbocycles. The molecular weight excluding hydrogens is 222 g/mol. The quantitative estimate of drug-likeness (QED) is 0.851. The molecule has 0 aliphatic heterocycles. The molecular formula is C16H25NO. The van der Waals surface area contributed by atoms with Crippen LogP contribution in [0.3, 0.4) is 0 Å². The first kappa shape index (κ1) is 13.4. The van der Waals surface area contributed by atoms with Gasteiger partial charge in [0.1, 0.15) is 5.75 Å². The number of hydrogen-bond donors (Lipinski definition) is 2. The minimum Gasteiger partial charge on any atom is -0.507 e. The van der Waals surface area contributed by atoms with Crippen molar-refractivity contribution in [3.63, 3.8) is 0 Å². The predicted molar refractivity (Wildman–Crippen MR) is 75.7 cm³/mol. The highest BCUT2D eigenvalue weighted by atomic mass is 16.3. The molecule has 0 bridgehead atoms. The normalized spacial score (nSPS) is 24.1. The van der Waals surface area contributed by atoms with E-state index in [-0.39, 0.29) is 0 Å². The lowest BCUT2D eigenvalue weighted by Crippen LogP contribution is -2.29. The van der Waals surface area contributed by atoms with E-state index in [2.05, 4.69) is 12.2 Å². The summed E-state index contributed by atoms with van der Waals surface area (Å²) in [5, 5.41) is 13.5. The van der Waals surface area contributed by atoms with Crippen LogP contribution in [0.25, 0.3) is 0 Å². The van der Waals surface area contributed by atoms with E-state index in [9.17, 15) is 5.11 Å². The van der Waals surface area contributed by atoms with Crippen LogP contribution >= 0.6 is 0 Å². The molecule has 1 aromatic carbocycles. The van der Waals surface area contributed by atoms with Crippen LogP contribution in [0.4, 0.5) is 0 Å². The summed E-state index contributed by atoms with van der Waals surface area (Å²) in [7, 11) is 0. The van der Waals surface area contributed by atoms with Crippen molar-refractivity contribution in [2.24, 2.45) is 11.8 Å². The fraction of sp³-hybridized carbons (Fsp3) is 0.625. The maximum atomic E-state index is 9.95. The van der Waals surface area contributed by atoms with Gasteiger partial charge in [-0.2, -0.15) is 0 Å². The Morgan fingerprint density at radius 1 is 1.28 bits per heavy atom. The third kappa shape index (κ3) is 3.26. The summed E-state index contributed by atoms with van der Waals surface area (Å²) >= 11 is 0. The molecule has 0 amide bonds. The molecule has 0 saturated heterocycles. The van der Waals surface area contributed by atoms with Crippen molar-refractivity contribution in [3.8, 4) is 5.75 Å². The van der Waals surface area contributed by atoms with Gasteiger partial charge in [-0.05, 0) is 37.3 Å². The second kappa shape index (κ2) is 6.24. The molecule has 0 radical (unpaired) electrons. The Bertz CT molecular complexity index is 389. The molecule has 0 aromatic heterocycles. The molecule has 2 heteroatoms. The van der Waals surface area contributed by atoms with E-state index in [4.69, 9.17) is 0 Å². The maximum Gasteiger partial charge on any atom is 0.122 e. The molecule has 2 rings (SSSR count). The van der Waals surface area contributed by atoms with E-state index in [0.717, 1.165) is 36.1 Å². The van der Waals surface area contributed by atoms with Crippen LogP contribution in [-0.4, -0.2) is 11.7 Å². The van der Waals surface area contributed by atoms with Gasteiger partial charge in [0.2, 0.25) is 0 Å². The SMILES string of the molecule is Cc1cccc(CNCC2CCCCC2C)c1O. The minimum atomic E-state index is 0.446. The topological polar surface area (TPSA) is 32.3 Å². The molecule has 18 heavy (non-hydrogen) atoms. The van der Waals surface area contributed by atoms with Crippen LogP contribution in [-0.2, 0) is 6.54 Å². The lowest BCUT2D eigenvalue weighted by atomic mass is 9.80. The zero-order valence-electron chi connectivity index (χ0n) is 11.6. The van der Waals surface area contributed by atoms with Crippen LogP contribution in [0.15, 0.2) is 18.2 Å². The Labute approximate surface area is 110 Å². The second-order valence-electron chi connectivity index (χ2n) is 5.74. The number of phenols is 1. The average Bonchev–Trinajstić information content (AvgIpc) is 2.37. The number of phenolic OH excluding ortho intramolecular Hbond substituents is 1. The zero-order chi connectivity index (χ0) is 13.0. The van der Waals surface area contributed by atoms with Gasteiger partial charge in [-0.3, -0.25) is 0 Å². The van der Waals surface area contributed by atoms with Crippen LogP contribution in [0.2, 0.25) is 0 Å². The van der Waals surface area contributed by atoms with Crippen molar-refractivity contribution >= 4 is 0 Å². The summed E-state index contributed by atoms with van der Waals surface area (Å²) in [4.78, 5) is 0. The molecule has 0 heterocycles. The minimum absolute atomic E-state index is 0.446. The number of hydrogen-bond acceptors (Lipinski definition) is 2. The Balaban J connectivity index is 1.83. The second-order valence-corrected chi connectivity index (χ2v) is 5.74. The fourth-order valence-electron chi connectivity index (χ4n) is 2.95. The maximum absolute atomic E-state index is 9.95. The van der Waals surface area contributed by atoms with Gasteiger partial charge in [0.05, 0.1) is 0 Å². The van der Waals surface area contributed by atoms with Crippen LogP contribution in [0, 0.1) is 18.8 Å². The molecule has 2 atom stereocenters. The van der Waals surface area contributed by atoms with Gasteiger partial charge in [0, 0.05) is 12.1 Å². The number of rotatable bonds is 4. The van der Waals surface area contributed by atoms with Crippen molar-refractivity contribution in [1.29, 1.82) is 0 Å². The van der Waals surface area contributed by atoms with Crippen LogP contribution < -0.4 is 5.32 Å². The average molecular weight is 247 g/mol. The molecule has 0 spiro atoms. The Morgan fingerprint density at radius 2 is 2.06 bits per heavy atom. The molecule has 2 unspecified atom stereocenters. The van der Waals surface area contributed by atoms with Crippen molar-refractivity contribution in [2.45, 2.75) is 46.1 Å². The predicted octanol–water partition coefficient (Wildman–Crippen LogP) is 3.62. The molecule has 2 N–H and O–H groups in total. The summed E-state index contributed by atoms with van der Waals surface area (Å²) in [6, 6.07) is 5.96. The van der Waals surface area contributed by atoms with E-state index in [1.807, 2.05) is 25.1 Å². The third-order valence-electron chi connectivity index (χ3n) is 4.33. The van der Waals surface area contributed by atoms with Gasteiger partial charge in [-0.1, -0.05) is 44.4 Å². The number of nitrogens with one attached hydrogen (secondary N) is 1. The lowest BCUT2D eigenvalue weighted by Gasteiger charge is -2.29. The van der Waals surface area contributed by atoms with E-state index in [1.54, 1.807) is 0 Å². The molecule has 1 aromatic rings. The fourth-order valence-corrected chi connectivity index (χ4v) is 2.95. The first-order chi connectivity index (χ1) is 8.68. The number of para-hydroxylation sites is 1. The van der Waals surface area contributed by atoms with Gasteiger partial charge in [0.25, 0.3) is 0 Å². The molecule has 1 aliphatic rings. The third-order valence-corrected chi connectivity index (χ3v) is 4.33. The summed E-state index contributed by atoms with van der Waals surface area (Å²) in [6.07, 6.45) is 5.51. The first-order valence-corrected chi connectivity index (χ1v) is 7.16. The lowest BCUT2D eigenvalue weighted by molar-refractivity contribution is 0.247. The van der Waals surface area contributed by atoms with Gasteiger partial charge in [0.15, 0.2) is 0 Å². The summed E-state index contributed by atoms with van der Waals surface area (Å²) in [5.74, 6) is 2.10. The van der Waals surface area contributed by atoms with E-state index in [0.29, 0.717) is 5.75 Å². The summed E-state index contributed by atoms with van der Waals surface area (Å²) < 4.78 is 0. The largest absolute Gasteiger partial charge is 0.507 e. The highest BCUT2D eigenvalue weighted by Gasteiger charge is 2.20. The molecule has 1 saturated carbocycles.